The Hall–Kier alpha value is -1.64. The fourth-order valence-electron chi connectivity index (χ4n) is 3.12. The lowest BCUT2D eigenvalue weighted by Crippen LogP contribution is -2.48. The molecule has 1 aromatic heterocycles. The van der Waals surface area contributed by atoms with Crippen molar-refractivity contribution in [2.24, 2.45) is 0 Å². The number of para-hydroxylation sites is 2. The van der Waals surface area contributed by atoms with Gasteiger partial charge in [-0.2, -0.15) is 4.31 Å². The number of nitrogens with zero attached hydrogens (tertiary/aromatic N) is 3. The van der Waals surface area contributed by atoms with Crippen LogP contribution >= 0.6 is 23.2 Å². The van der Waals surface area contributed by atoms with E-state index in [4.69, 9.17) is 27.6 Å². The van der Waals surface area contributed by atoms with Gasteiger partial charge in [-0.25, -0.2) is 13.4 Å². The highest BCUT2D eigenvalue weighted by Gasteiger charge is 2.30. The monoisotopic (exact) mass is 425 g/mol. The molecule has 2 heterocycles. The highest BCUT2D eigenvalue weighted by Crippen LogP contribution is 2.28. The highest BCUT2D eigenvalue weighted by molar-refractivity contribution is 7.89. The molecule has 0 saturated carbocycles. The molecule has 0 bridgehead atoms. The Morgan fingerprint density at radius 1 is 1.04 bits per heavy atom. The summed E-state index contributed by atoms with van der Waals surface area (Å²) in [6.45, 7) is 2.43. The van der Waals surface area contributed by atoms with Crippen molar-refractivity contribution in [3.05, 3.63) is 58.4 Å². The summed E-state index contributed by atoms with van der Waals surface area (Å²) >= 11 is 12.0. The summed E-state index contributed by atoms with van der Waals surface area (Å²) in [5.41, 5.74) is 1.58. The van der Waals surface area contributed by atoms with Gasteiger partial charge in [-0.1, -0.05) is 35.3 Å². The summed E-state index contributed by atoms with van der Waals surface area (Å²) in [5.74, 6) is 0.630. The fraction of sp³-hybridized carbons (Fsp3) is 0.278. The van der Waals surface area contributed by atoms with Crippen LogP contribution in [0.2, 0.25) is 10.0 Å². The molecule has 4 rings (SSSR count). The smallest absolute Gasteiger partial charge is 0.244 e. The minimum atomic E-state index is -3.68. The Balaban J connectivity index is 1.44. The van der Waals surface area contributed by atoms with Gasteiger partial charge >= 0.3 is 0 Å². The zero-order valence-electron chi connectivity index (χ0n) is 14.3. The molecule has 0 atom stereocenters. The maximum absolute atomic E-state index is 12.9. The first-order chi connectivity index (χ1) is 12.9. The number of sulfonamides is 1. The molecule has 0 aliphatic carbocycles. The van der Waals surface area contributed by atoms with Crippen molar-refractivity contribution in [3.8, 4) is 0 Å². The number of benzene rings is 2. The van der Waals surface area contributed by atoms with Crippen LogP contribution in [0.5, 0.6) is 0 Å². The quantitative estimate of drug-likeness (QED) is 0.638. The van der Waals surface area contributed by atoms with E-state index in [1.165, 1.54) is 16.4 Å². The van der Waals surface area contributed by atoms with Crippen LogP contribution in [-0.4, -0.2) is 48.8 Å². The Bertz CT molecular complexity index is 1040. The third-order valence-electron chi connectivity index (χ3n) is 4.54. The van der Waals surface area contributed by atoms with Crippen LogP contribution in [-0.2, 0) is 16.6 Å². The van der Waals surface area contributed by atoms with Crippen molar-refractivity contribution in [2.75, 3.05) is 26.2 Å². The van der Waals surface area contributed by atoms with Crippen molar-refractivity contribution in [1.29, 1.82) is 0 Å². The third kappa shape index (κ3) is 3.83. The zero-order valence-corrected chi connectivity index (χ0v) is 16.6. The molecule has 3 aromatic rings. The zero-order chi connectivity index (χ0) is 19.0. The first-order valence-electron chi connectivity index (χ1n) is 8.45. The van der Waals surface area contributed by atoms with E-state index < -0.39 is 10.0 Å². The van der Waals surface area contributed by atoms with Crippen LogP contribution in [0.4, 0.5) is 0 Å². The molecule has 1 aliphatic heterocycles. The lowest BCUT2D eigenvalue weighted by atomic mass is 10.3. The predicted molar refractivity (Wildman–Crippen MR) is 105 cm³/mol. The van der Waals surface area contributed by atoms with Gasteiger partial charge in [0.05, 0.1) is 11.6 Å². The molecule has 1 saturated heterocycles. The van der Waals surface area contributed by atoms with Gasteiger partial charge in [0.2, 0.25) is 15.9 Å². The van der Waals surface area contributed by atoms with Crippen molar-refractivity contribution >= 4 is 44.3 Å². The SMILES string of the molecule is O=S(=O)(c1cc(Cl)ccc1Cl)N1CCN(Cc2nc3ccccc3o2)CC1. The largest absolute Gasteiger partial charge is 0.439 e. The van der Waals surface area contributed by atoms with Gasteiger partial charge in [-0.15, -0.1) is 0 Å². The number of fused-ring (bicyclic) bond motifs is 1. The predicted octanol–water partition coefficient (Wildman–Crippen LogP) is 3.64. The molecule has 6 nitrogen and oxygen atoms in total. The van der Waals surface area contributed by atoms with Gasteiger partial charge in [0, 0.05) is 31.2 Å². The molecule has 27 heavy (non-hydrogen) atoms. The lowest BCUT2D eigenvalue weighted by molar-refractivity contribution is 0.169. The molecule has 9 heteroatoms. The van der Waals surface area contributed by atoms with Crippen molar-refractivity contribution in [1.82, 2.24) is 14.2 Å². The first kappa shape index (κ1) is 18.7. The molecule has 1 aliphatic rings. The van der Waals surface area contributed by atoms with Gasteiger partial charge in [0.1, 0.15) is 10.4 Å². The molecule has 0 spiro atoms. The van der Waals surface area contributed by atoms with Crippen molar-refractivity contribution in [3.63, 3.8) is 0 Å². The molecule has 2 aromatic carbocycles. The van der Waals surface area contributed by atoms with Crippen LogP contribution in [0.15, 0.2) is 51.8 Å². The minimum absolute atomic E-state index is 0.0454. The number of rotatable bonds is 4. The molecule has 142 valence electrons. The van der Waals surface area contributed by atoms with Crippen LogP contribution < -0.4 is 0 Å². The van der Waals surface area contributed by atoms with E-state index >= 15 is 0 Å². The van der Waals surface area contributed by atoms with E-state index in [0.717, 1.165) is 11.1 Å². The normalized spacial score (nSPS) is 16.8. The summed E-state index contributed by atoms with van der Waals surface area (Å²) in [6.07, 6.45) is 0. The van der Waals surface area contributed by atoms with Crippen molar-refractivity contribution < 1.29 is 12.8 Å². The Labute approximate surface area is 167 Å². The standard InChI is InChI=1S/C18H17Cl2N3O3S/c19-13-5-6-14(20)17(11-13)27(24,25)23-9-7-22(8-10-23)12-18-21-15-3-1-2-4-16(15)26-18/h1-6,11H,7-10,12H2. The second kappa shape index (κ2) is 7.41. The van der Waals surface area contributed by atoms with Gasteiger partial charge in [-0.05, 0) is 30.3 Å². The Morgan fingerprint density at radius 2 is 1.78 bits per heavy atom. The first-order valence-corrected chi connectivity index (χ1v) is 10.6. The number of halogens is 2. The molecular formula is C18H17Cl2N3O3S. The minimum Gasteiger partial charge on any atom is -0.439 e. The number of piperazine rings is 1. The molecule has 0 radical (unpaired) electrons. The second-order valence-electron chi connectivity index (χ2n) is 6.33. The van der Waals surface area contributed by atoms with E-state index in [2.05, 4.69) is 9.88 Å². The number of oxazole rings is 1. The van der Waals surface area contributed by atoms with E-state index in [9.17, 15) is 8.42 Å². The molecule has 1 fully saturated rings. The van der Waals surface area contributed by atoms with E-state index in [0.29, 0.717) is 43.6 Å². The summed E-state index contributed by atoms with van der Waals surface area (Å²) in [5, 5.41) is 0.515. The van der Waals surface area contributed by atoms with Crippen LogP contribution in [0.3, 0.4) is 0 Å². The van der Waals surface area contributed by atoms with Crippen LogP contribution in [0, 0.1) is 0 Å². The van der Waals surface area contributed by atoms with Gasteiger partial charge in [-0.3, -0.25) is 4.90 Å². The molecular weight excluding hydrogens is 409 g/mol. The molecule has 0 unspecified atom stereocenters. The van der Waals surface area contributed by atoms with Gasteiger partial charge < -0.3 is 4.42 Å². The van der Waals surface area contributed by atoms with Gasteiger partial charge in [0.25, 0.3) is 0 Å². The van der Waals surface area contributed by atoms with E-state index in [1.807, 2.05) is 24.3 Å². The average molecular weight is 426 g/mol. The topological polar surface area (TPSA) is 66.7 Å². The molecule has 0 amide bonds. The number of hydrogen-bond donors (Lipinski definition) is 0. The summed E-state index contributed by atoms with van der Waals surface area (Å²) in [4.78, 5) is 6.64. The summed E-state index contributed by atoms with van der Waals surface area (Å²) < 4.78 is 32.9. The van der Waals surface area contributed by atoms with Crippen molar-refractivity contribution in [2.45, 2.75) is 11.4 Å². The average Bonchev–Trinajstić information content (AvgIpc) is 3.06. The number of hydrogen-bond acceptors (Lipinski definition) is 5. The van der Waals surface area contributed by atoms with Gasteiger partial charge in [0.15, 0.2) is 5.58 Å². The Kier molecular flexibility index (Phi) is 5.13. The summed E-state index contributed by atoms with van der Waals surface area (Å²) in [7, 11) is -3.68. The number of aromatic nitrogens is 1. The second-order valence-corrected chi connectivity index (χ2v) is 9.08. The third-order valence-corrected chi connectivity index (χ3v) is 7.15. The van der Waals surface area contributed by atoms with E-state index in [1.54, 1.807) is 6.07 Å². The lowest BCUT2D eigenvalue weighted by Gasteiger charge is -2.33. The Morgan fingerprint density at radius 3 is 2.52 bits per heavy atom. The van der Waals surface area contributed by atoms with Crippen LogP contribution in [0.25, 0.3) is 11.1 Å². The maximum Gasteiger partial charge on any atom is 0.244 e. The highest BCUT2D eigenvalue weighted by atomic mass is 35.5. The summed E-state index contributed by atoms with van der Waals surface area (Å²) in [6, 6.07) is 12.1. The molecule has 0 N–H and O–H groups in total. The fourth-order valence-corrected chi connectivity index (χ4v) is 5.28. The van der Waals surface area contributed by atoms with E-state index in [-0.39, 0.29) is 9.92 Å². The van der Waals surface area contributed by atoms with Crippen LogP contribution in [0.1, 0.15) is 5.89 Å². The maximum atomic E-state index is 12.9.